The average molecular weight is 454 g/mol. The summed E-state index contributed by atoms with van der Waals surface area (Å²) in [6.45, 7) is 2.14. The van der Waals surface area contributed by atoms with Gasteiger partial charge in [-0.1, -0.05) is 6.92 Å². The van der Waals surface area contributed by atoms with Gasteiger partial charge < -0.3 is 5.11 Å². The second kappa shape index (κ2) is 7.86. The van der Waals surface area contributed by atoms with Crippen molar-refractivity contribution in [2.75, 3.05) is 6.67 Å². The third-order valence-corrected chi connectivity index (χ3v) is 10.4. The molecule has 6 heteroatoms. The van der Waals surface area contributed by atoms with Crippen LogP contribution in [0.4, 0.5) is 4.39 Å². The number of aliphatic hydroxyl groups is 1. The van der Waals surface area contributed by atoms with Gasteiger partial charge in [-0.25, -0.2) is 4.39 Å². The number of alkyl halides is 1. The number of halogens is 1. The van der Waals surface area contributed by atoms with Gasteiger partial charge >= 0.3 is 0 Å². The lowest BCUT2D eigenvalue weighted by atomic mass is 9.49. The zero-order valence-corrected chi connectivity index (χ0v) is 19.6. The monoisotopic (exact) mass is 453 g/mol. The second-order valence-electron chi connectivity index (χ2n) is 11.9. The Labute approximate surface area is 195 Å². The Morgan fingerprint density at radius 1 is 1.15 bits per heavy atom. The lowest BCUT2D eigenvalue weighted by Gasteiger charge is -2.56. The fourth-order valence-corrected chi connectivity index (χ4v) is 8.88. The van der Waals surface area contributed by atoms with Crippen molar-refractivity contribution in [3.63, 3.8) is 0 Å². The first kappa shape index (κ1) is 21.7. The third kappa shape index (κ3) is 3.46. The molecule has 1 N–H and O–H groups in total. The molecular formula is C27H36FN3O2. The van der Waals surface area contributed by atoms with Gasteiger partial charge in [-0.2, -0.15) is 5.10 Å². The first-order valence-electron chi connectivity index (χ1n) is 13.0. The van der Waals surface area contributed by atoms with E-state index in [0.717, 1.165) is 43.0 Å². The molecule has 4 aliphatic carbocycles. The summed E-state index contributed by atoms with van der Waals surface area (Å²) in [7, 11) is 0. The van der Waals surface area contributed by atoms with E-state index >= 15 is 0 Å². The van der Waals surface area contributed by atoms with E-state index in [1.165, 1.54) is 12.8 Å². The molecule has 0 amide bonds. The first-order chi connectivity index (χ1) is 15.9. The van der Waals surface area contributed by atoms with Crippen LogP contribution < -0.4 is 0 Å². The maximum Gasteiger partial charge on any atom is 0.157 e. The zero-order chi connectivity index (χ0) is 22.8. The van der Waals surface area contributed by atoms with Crippen LogP contribution in [0.3, 0.4) is 0 Å². The van der Waals surface area contributed by atoms with Crippen molar-refractivity contribution in [1.82, 2.24) is 14.8 Å². The minimum Gasteiger partial charge on any atom is -0.387 e. The van der Waals surface area contributed by atoms with Gasteiger partial charge in [0.05, 0.1) is 18.3 Å². The number of ketones is 1. The molecule has 33 heavy (non-hydrogen) atoms. The summed E-state index contributed by atoms with van der Waals surface area (Å²) in [5.41, 5.74) is -0.145. The molecule has 2 heterocycles. The first-order valence-corrected chi connectivity index (χ1v) is 13.0. The molecule has 0 aliphatic heterocycles. The van der Waals surface area contributed by atoms with Crippen molar-refractivity contribution < 1.29 is 14.3 Å². The number of Topliss-reactive ketones (excluding diaryl/α,β-unsaturated/α-hetero) is 1. The molecule has 178 valence electrons. The van der Waals surface area contributed by atoms with Crippen molar-refractivity contribution in [3.05, 3.63) is 24.7 Å². The van der Waals surface area contributed by atoms with Crippen molar-refractivity contribution in [1.29, 1.82) is 0 Å². The molecule has 0 saturated heterocycles. The number of aromatic nitrogens is 3. The Morgan fingerprint density at radius 2 is 2.00 bits per heavy atom. The van der Waals surface area contributed by atoms with E-state index in [1.807, 2.05) is 12.3 Å². The summed E-state index contributed by atoms with van der Waals surface area (Å²) in [5, 5.41) is 16.1. The highest BCUT2D eigenvalue weighted by Crippen LogP contribution is 2.64. The summed E-state index contributed by atoms with van der Waals surface area (Å²) in [6, 6.07) is 1.94. The molecular weight excluding hydrogens is 417 g/mol. The van der Waals surface area contributed by atoms with E-state index in [2.05, 4.69) is 17.0 Å². The Balaban J connectivity index is 1.17. The zero-order valence-electron chi connectivity index (χ0n) is 19.6. The maximum atomic E-state index is 13.5. The fourth-order valence-electron chi connectivity index (χ4n) is 8.88. The van der Waals surface area contributed by atoms with Crippen LogP contribution in [0, 0.1) is 40.9 Å². The van der Waals surface area contributed by atoms with E-state index in [0.29, 0.717) is 54.8 Å². The summed E-state index contributed by atoms with van der Waals surface area (Å²) in [5.74, 6) is 3.58. The molecule has 0 spiro atoms. The number of fused-ring (bicyclic) bond motifs is 6. The van der Waals surface area contributed by atoms with Crippen molar-refractivity contribution in [2.24, 2.45) is 40.9 Å². The standard InChI is InChI=1S/C27H36FN3O2/c1-26-9-6-20-19-7-10-27(33,16-28)12-17(19)2-3-21(20)22(26)4-5-23(26)25(32)15-31-14-18-8-11-29-13-24(18)30-31/h8,11,13-14,17,19-23,33H,2-7,9-10,12,15-16H2,1H3. The average Bonchev–Trinajstić information content (AvgIpc) is 3.38. The van der Waals surface area contributed by atoms with Gasteiger partial charge in [0.15, 0.2) is 5.78 Å². The fraction of sp³-hybridized carbons (Fsp3) is 0.741. The number of carbonyl (C=O) groups is 1. The van der Waals surface area contributed by atoms with E-state index < -0.39 is 12.3 Å². The molecule has 0 aromatic carbocycles. The topological polar surface area (TPSA) is 68.0 Å². The minimum absolute atomic E-state index is 0.0908. The Kier molecular flexibility index (Phi) is 5.17. The normalized spacial score (nSPS) is 42.5. The smallest absolute Gasteiger partial charge is 0.157 e. The predicted molar refractivity (Wildman–Crippen MR) is 124 cm³/mol. The van der Waals surface area contributed by atoms with Gasteiger partial charge in [0.25, 0.3) is 0 Å². The number of nitrogens with zero attached hydrogens (tertiary/aromatic N) is 3. The van der Waals surface area contributed by atoms with Crippen LogP contribution in [-0.4, -0.2) is 37.9 Å². The van der Waals surface area contributed by atoms with Crippen LogP contribution in [-0.2, 0) is 11.3 Å². The molecule has 4 aliphatic rings. The molecule has 0 radical (unpaired) electrons. The Bertz CT molecular complexity index is 1020. The quantitative estimate of drug-likeness (QED) is 0.710. The number of hydrogen-bond acceptors (Lipinski definition) is 4. The maximum absolute atomic E-state index is 13.5. The summed E-state index contributed by atoms with van der Waals surface area (Å²) in [6.07, 6.45) is 14.5. The van der Waals surface area contributed by atoms with E-state index in [9.17, 15) is 14.3 Å². The molecule has 4 saturated carbocycles. The summed E-state index contributed by atoms with van der Waals surface area (Å²) >= 11 is 0. The van der Waals surface area contributed by atoms with Crippen LogP contribution in [0.2, 0.25) is 0 Å². The lowest BCUT2D eigenvalue weighted by molar-refractivity contribution is -0.134. The number of carbonyl (C=O) groups excluding carboxylic acids is 1. The largest absolute Gasteiger partial charge is 0.387 e. The van der Waals surface area contributed by atoms with Gasteiger partial charge in [0, 0.05) is 23.7 Å². The molecule has 8 atom stereocenters. The number of pyridine rings is 1. The van der Waals surface area contributed by atoms with Gasteiger partial charge in [0.1, 0.15) is 12.2 Å². The molecule has 6 rings (SSSR count). The van der Waals surface area contributed by atoms with Gasteiger partial charge in [-0.05, 0) is 98.9 Å². The molecule has 0 bridgehead atoms. The highest BCUT2D eigenvalue weighted by molar-refractivity contribution is 5.83. The highest BCUT2D eigenvalue weighted by Gasteiger charge is 2.59. The Morgan fingerprint density at radius 3 is 2.82 bits per heavy atom. The molecule has 2 aromatic heterocycles. The van der Waals surface area contributed by atoms with E-state index in [1.54, 1.807) is 17.1 Å². The van der Waals surface area contributed by atoms with Crippen LogP contribution in [0.1, 0.15) is 64.7 Å². The highest BCUT2D eigenvalue weighted by atomic mass is 19.1. The van der Waals surface area contributed by atoms with E-state index in [4.69, 9.17) is 0 Å². The molecule has 5 nitrogen and oxygen atoms in total. The predicted octanol–water partition coefficient (Wildman–Crippen LogP) is 4.97. The van der Waals surface area contributed by atoms with Crippen molar-refractivity contribution in [2.45, 2.75) is 76.9 Å². The second-order valence-corrected chi connectivity index (χ2v) is 11.9. The molecule has 2 aromatic rings. The summed E-state index contributed by atoms with van der Waals surface area (Å²) < 4.78 is 15.2. The molecule has 8 unspecified atom stereocenters. The van der Waals surface area contributed by atoms with Crippen molar-refractivity contribution in [3.8, 4) is 0 Å². The van der Waals surface area contributed by atoms with Crippen LogP contribution in [0.5, 0.6) is 0 Å². The number of rotatable bonds is 4. The number of hydrogen-bond donors (Lipinski definition) is 1. The Hall–Kier alpha value is -1.82. The van der Waals surface area contributed by atoms with Gasteiger partial charge in [-0.3, -0.25) is 14.5 Å². The van der Waals surface area contributed by atoms with Crippen LogP contribution in [0.25, 0.3) is 10.9 Å². The molecule has 4 fully saturated rings. The SMILES string of the molecule is CC12CCC3C4CCC(O)(CF)CC4CCC3C1CCC2C(=O)Cn1cc2ccncc2n1. The minimum atomic E-state index is -1.07. The van der Waals surface area contributed by atoms with Gasteiger partial charge in [-0.15, -0.1) is 0 Å². The lowest BCUT2D eigenvalue weighted by Crippen LogP contribution is -2.52. The van der Waals surface area contributed by atoms with Gasteiger partial charge in [0.2, 0.25) is 0 Å². The van der Waals surface area contributed by atoms with Crippen LogP contribution in [0.15, 0.2) is 24.7 Å². The van der Waals surface area contributed by atoms with Crippen molar-refractivity contribution >= 4 is 16.7 Å². The van der Waals surface area contributed by atoms with Crippen LogP contribution >= 0.6 is 0 Å². The van der Waals surface area contributed by atoms with E-state index in [-0.39, 0.29) is 11.3 Å². The third-order valence-electron chi connectivity index (χ3n) is 10.4. The summed E-state index contributed by atoms with van der Waals surface area (Å²) in [4.78, 5) is 17.6.